The van der Waals surface area contributed by atoms with Gasteiger partial charge in [0.25, 0.3) is 5.91 Å². The molecule has 24 heavy (non-hydrogen) atoms. The Morgan fingerprint density at radius 3 is 2.79 bits per heavy atom. The van der Waals surface area contributed by atoms with Crippen molar-refractivity contribution in [1.29, 1.82) is 5.26 Å². The fourth-order valence-electron chi connectivity index (χ4n) is 1.83. The van der Waals surface area contributed by atoms with Gasteiger partial charge in [0.15, 0.2) is 5.92 Å². The molecule has 122 valence electrons. The molecule has 0 saturated carbocycles. The van der Waals surface area contributed by atoms with E-state index in [2.05, 4.69) is 15.3 Å². The van der Waals surface area contributed by atoms with Crippen LogP contribution in [0, 0.1) is 17.2 Å². The van der Waals surface area contributed by atoms with Crippen LogP contribution in [-0.4, -0.2) is 28.3 Å². The Kier molecular flexibility index (Phi) is 5.82. The van der Waals surface area contributed by atoms with Crippen LogP contribution in [-0.2, 0) is 4.79 Å². The first-order valence-electron chi connectivity index (χ1n) is 7.02. The molecule has 0 aliphatic heterocycles. The Morgan fingerprint density at radius 2 is 2.17 bits per heavy atom. The molecule has 0 aromatic carbocycles. The molecule has 0 spiro atoms. The lowest BCUT2D eigenvalue weighted by Crippen LogP contribution is -2.29. The number of aromatic nitrogens is 2. The highest BCUT2D eigenvalue weighted by Gasteiger charge is 2.30. The summed E-state index contributed by atoms with van der Waals surface area (Å²) in [6.07, 6.45) is 1.47. The number of halogens is 1. The van der Waals surface area contributed by atoms with Gasteiger partial charge in [0.05, 0.1) is 17.7 Å². The predicted molar refractivity (Wildman–Crippen MR) is 86.7 cm³/mol. The van der Waals surface area contributed by atoms with Crippen LogP contribution in [0.15, 0.2) is 36.5 Å². The van der Waals surface area contributed by atoms with Crippen molar-refractivity contribution in [3.8, 4) is 11.9 Å². The number of carbonyl (C=O) groups is 2. The van der Waals surface area contributed by atoms with Gasteiger partial charge in [0.1, 0.15) is 11.5 Å². The van der Waals surface area contributed by atoms with Crippen molar-refractivity contribution in [2.45, 2.75) is 6.92 Å². The molecule has 2 aromatic heterocycles. The lowest BCUT2D eigenvalue weighted by atomic mass is 10.0. The van der Waals surface area contributed by atoms with Gasteiger partial charge in [-0.2, -0.15) is 5.26 Å². The number of rotatable bonds is 6. The summed E-state index contributed by atoms with van der Waals surface area (Å²) in [5.41, 5.74) is -0.190. The van der Waals surface area contributed by atoms with Crippen LogP contribution >= 0.6 is 11.6 Å². The molecule has 8 heteroatoms. The topological polar surface area (TPSA) is 105 Å². The number of hydrogen-bond acceptors (Lipinski definition) is 6. The Bertz CT molecular complexity index is 790. The lowest BCUT2D eigenvalue weighted by molar-refractivity contribution is -0.117. The van der Waals surface area contributed by atoms with E-state index < -0.39 is 17.6 Å². The summed E-state index contributed by atoms with van der Waals surface area (Å²) >= 11 is 5.96. The molecular weight excluding hydrogens is 332 g/mol. The number of Topliss-reactive ketones (excluding diaryl/α,β-unsaturated/α-hetero) is 1. The second kappa shape index (κ2) is 8.04. The molecule has 0 fully saturated rings. The van der Waals surface area contributed by atoms with Gasteiger partial charge in [-0.25, -0.2) is 9.97 Å². The smallest absolute Gasteiger partial charge is 0.250 e. The summed E-state index contributed by atoms with van der Waals surface area (Å²) < 4.78 is 5.21. The zero-order chi connectivity index (χ0) is 17.5. The van der Waals surface area contributed by atoms with Gasteiger partial charge in [0, 0.05) is 12.3 Å². The van der Waals surface area contributed by atoms with Gasteiger partial charge < -0.3 is 10.1 Å². The van der Waals surface area contributed by atoms with Gasteiger partial charge in [0.2, 0.25) is 11.7 Å². The average molecular weight is 345 g/mol. The van der Waals surface area contributed by atoms with E-state index in [0.717, 1.165) is 0 Å². The van der Waals surface area contributed by atoms with Crippen LogP contribution in [0.2, 0.25) is 5.02 Å². The maximum absolute atomic E-state index is 12.5. The zero-order valence-corrected chi connectivity index (χ0v) is 13.4. The normalized spacial score (nSPS) is 11.2. The number of nitrogens with zero attached hydrogens (tertiary/aromatic N) is 3. The number of nitrogens with one attached hydrogen (secondary N) is 1. The Morgan fingerprint density at radius 1 is 1.38 bits per heavy atom. The highest BCUT2D eigenvalue weighted by Crippen LogP contribution is 2.21. The van der Waals surface area contributed by atoms with Crippen LogP contribution in [0.3, 0.4) is 0 Å². The molecule has 0 saturated heterocycles. The minimum Gasteiger partial charge on any atom is -0.478 e. The van der Waals surface area contributed by atoms with Crippen molar-refractivity contribution >= 4 is 29.1 Å². The molecule has 0 bridgehead atoms. The third-order valence-corrected chi connectivity index (χ3v) is 3.22. The summed E-state index contributed by atoms with van der Waals surface area (Å²) in [6, 6.07) is 9.47. The van der Waals surface area contributed by atoms with Crippen LogP contribution in [0.25, 0.3) is 0 Å². The van der Waals surface area contributed by atoms with Gasteiger partial charge >= 0.3 is 0 Å². The Hall–Kier alpha value is -2.98. The van der Waals surface area contributed by atoms with Crippen LogP contribution in [0.1, 0.15) is 17.4 Å². The van der Waals surface area contributed by atoms with E-state index in [4.69, 9.17) is 16.3 Å². The first-order valence-corrected chi connectivity index (χ1v) is 7.39. The number of anilines is 1. The number of ether oxygens (including phenoxy) is 1. The Labute approximate surface area is 143 Å². The number of pyridine rings is 2. The van der Waals surface area contributed by atoms with E-state index in [0.29, 0.717) is 6.61 Å². The fraction of sp³-hybridized carbons (Fsp3) is 0.188. The standard InChI is InChI=1S/C16H13ClN4O3/c1-2-24-13-7-6-11(17)14(21-13)15(22)10(9-18)16(23)20-12-5-3-4-8-19-12/h3-8,10H,2H2,1H3,(H,19,20,23)/t10-/m1/s1. The third kappa shape index (κ3) is 4.06. The quantitative estimate of drug-likeness (QED) is 0.637. The Balaban J connectivity index is 2.24. The van der Waals surface area contributed by atoms with Gasteiger partial charge in [-0.1, -0.05) is 17.7 Å². The van der Waals surface area contributed by atoms with Gasteiger partial charge in [-0.15, -0.1) is 0 Å². The second-order valence-corrected chi connectivity index (χ2v) is 4.95. The highest BCUT2D eigenvalue weighted by molar-refractivity contribution is 6.34. The zero-order valence-electron chi connectivity index (χ0n) is 12.7. The van der Waals surface area contributed by atoms with Gasteiger partial charge in [-0.3, -0.25) is 9.59 Å². The van der Waals surface area contributed by atoms with E-state index in [1.54, 1.807) is 25.1 Å². The molecule has 1 atom stereocenters. The van der Waals surface area contributed by atoms with Gasteiger partial charge in [-0.05, 0) is 25.1 Å². The summed E-state index contributed by atoms with van der Waals surface area (Å²) in [7, 11) is 0. The monoisotopic (exact) mass is 344 g/mol. The number of amides is 1. The molecule has 0 radical (unpaired) electrons. The van der Waals surface area contributed by atoms with Crippen molar-refractivity contribution in [2.75, 3.05) is 11.9 Å². The number of nitriles is 1. The molecule has 2 heterocycles. The SMILES string of the molecule is CCOc1ccc(Cl)c(C(=O)[C@@H](C#N)C(=O)Nc2ccccn2)n1. The van der Waals surface area contributed by atoms with E-state index >= 15 is 0 Å². The number of hydrogen-bond donors (Lipinski definition) is 1. The third-order valence-electron chi connectivity index (χ3n) is 2.92. The van der Waals surface area contributed by atoms with Crippen molar-refractivity contribution in [3.63, 3.8) is 0 Å². The van der Waals surface area contributed by atoms with E-state index in [-0.39, 0.29) is 22.4 Å². The van der Waals surface area contributed by atoms with Crippen molar-refractivity contribution < 1.29 is 14.3 Å². The molecule has 2 aromatic rings. The summed E-state index contributed by atoms with van der Waals surface area (Å²) in [5, 5.41) is 11.7. The molecular formula is C16H13ClN4O3. The summed E-state index contributed by atoms with van der Waals surface area (Å²) in [4.78, 5) is 32.5. The average Bonchev–Trinajstić information content (AvgIpc) is 2.58. The van der Waals surface area contributed by atoms with Crippen molar-refractivity contribution in [3.05, 3.63) is 47.2 Å². The lowest BCUT2D eigenvalue weighted by Gasteiger charge is -2.10. The second-order valence-electron chi connectivity index (χ2n) is 4.54. The number of carbonyl (C=O) groups excluding carboxylic acids is 2. The molecule has 0 unspecified atom stereocenters. The maximum Gasteiger partial charge on any atom is 0.250 e. The maximum atomic E-state index is 12.5. The van der Waals surface area contributed by atoms with E-state index in [1.807, 2.05) is 0 Å². The van der Waals surface area contributed by atoms with E-state index in [9.17, 15) is 14.9 Å². The highest BCUT2D eigenvalue weighted by atomic mass is 35.5. The minimum atomic E-state index is -1.60. The minimum absolute atomic E-state index is 0.0364. The van der Waals surface area contributed by atoms with E-state index in [1.165, 1.54) is 24.4 Å². The summed E-state index contributed by atoms with van der Waals surface area (Å²) in [5.74, 6) is -2.79. The molecule has 1 amide bonds. The van der Waals surface area contributed by atoms with Crippen LogP contribution < -0.4 is 10.1 Å². The molecule has 1 N–H and O–H groups in total. The molecule has 2 rings (SSSR count). The van der Waals surface area contributed by atoms with Crippen LogP contribution in [0.5, 0.6) is 5.88 Å². The molecule has 0 aliphatic rings. The van der Waals surface area contributed by atoms with Crippen molar-refractivity contribution in [1.82, 2.24) is 9.97 Å². The first-order chi connectivity index (χ1) is 11.6. The van der Waals surface area contributed by atoms with Crippen LogP contribution in [0.4, 0.5) is 5.82 Å². The number of ketones is 1. The molecule has 7 nitrogen and oxygen atoms in total. The first kappa shape index (κ1) is 17.4. The molecule has 0 aliphatic carbocycles. The predicted octanol–water partition coefficient (Wildman–Crippen LogP) is 2.49. The fourth-order valence-corrected chi connectivity index (χ4v) is 2.03. The largest absolute Gasteiger partial charge is 0.478 e. The van der Waals surface area contributed by atoms with Crippen molar-refractivity contribution in [2.24, 2.45) is 5.92 Å². The summed E-state index contributed by atoms with van der Waals surface area (Å²) in [6.45, 7) is 2.11.